The highest BCUT2D eigenvalue weighted by molar-refractivity contribution is 5.52. The third kappa shape index (κ3) is 3.03. The van der Waals surface area contributed by atoms with Crippen molar-refractivity contribution in [2.75, 3.05) is 14.2 Å². The quantitative estimate of drug-likeness (QED) is 0.918. The molecule has 3 rings (SSSR count). The number of hydrogen-bond acceptors (Lipinski definition) is 5. The Morgan fingerprint density at radius 3 is 2.61 bits per heavy atom. The van der Waals surface area contributed by atoms with Gasteiger partial charge in [0.25, 0.3) is 0 Å². The number of benzene rings is 1. The number of aromatic nitrogens is 3. The van der Waals surface area contributed by atoms with Crippen molar-refractivity contribution in [2.24, 2.45) is 5.73 Å². The van der Waals surface area contributed by atoms with E-state index >= 15 is 0 Å². The molecule has 1 saturated carbocycles. The summed E-state index contributed by atoms with van der Waals surface area (Å²) in [5.41, 5.74) is 8.75. The van der Waals surface area contributed by atoms with Gasteiger partial charge in [-0.05, 0) is 25.0 Å². The maximum atomic E-state index is 5.90. The van der Waals surface area contributed by atoms with Crippen LogP contribution in [0.25, 0.3) is 5.69 Å². The van der Waals surface area contributed by atoms with Crippen molar-refractivity contribution in [2.45, 2.75) is 44.6 Å². The molecule has 1 fully saturated rings. The number of ether oxygens (including phenoxy) is 2. The first-order valence-electron chi connectivity index (χ1n) is 8.15. The van der Waals surface area contributed by atoms with Gasteiger partial charge in [0.1, 0.15) is 22.9 Å². The van der Waals surface area contributed by atoms with Crippen molar-refractivity contribution >= 4 is 0 Å². The minimum atomic E-state index is 0.401. The van der Waals surface area contributed by atoms with Gasteiger partial charge >= 0.3 is 0 Å². The van der Waals surface area contributed by atoms with Crippen LogP contribution in [-0.4, -0.2) is 29.2 Å². The first-order chi connectivity index (χ1) is 11.3. The first-order valence-corrected chi connectivity index (χ1v) is 8.15. The van der Waals surface area contributed by atoms with Crippen LogP contribution in [0, 0.1) is 0 Å². The molecule has 2 N–H and O–H groups in total. The molecular weight excluding hydrogens is 292 g/mol. The topological polar surface area (TPSA) is 75.2 Å². The summed E-state index contributed by atoms with van der Waals surface area (Å²) in [6.45, 7) is 0.401. The van der Waals surface area contributed by atoms with Crippen molar-refractivity contribution in [3.05, 3.63) is 29.6 Å². The van der Waals surface area contributed by atoms with Gasteiger partial charge in [0.05, 0.1) is 19.9 Å². The van der Waals surface area contributed by atoms with E-state index in [2.05, 4.69) is 10.3 Å². The van der Waals surface area contributed by atoms with E-state index in [1.807, 2.05) is 22.9 Å². The molecule has 1 aromatic carbocycles. The van der Waals surface area contributed by atoms with Gasteiger partial charge in [-0.25, -0.2) is 4.68 Å². The summed E-state index contributed by atoms with van der Waals surface area (Å²) in [4.78, 5) is 0. The SMILES string of the molecule is COc1ccc(OC)c(-n2nnc(CN)c2C2CCCCC2)c1. The molecule has 1 aliphatic carbocycles. The van der Waals surface area contributed by atoms with Gasteiger partial charge in [-0.3, -0.25) is 0 Å². The van der Waals surface area contributed by atoms with Crippen molar-refractivity contribution in [1.29, 1.82) is 0 Å². The second kappa shape index (κ2) is 7.00. The summed E-state index contributed by atoms with van der Waals surface area (Å²) < 4.78 is 12.8. The van der Waals surface area contributed by atoms with Gasteiger partial charge in [-0.15, -0.1) is 5.10 Å². The van der Waals surface area contributed by atoms with Crippen LogP contribution in [0.4, 0.5) is 0 Å². The number of nitrogens with zero attached hydrogens (tertiary/aromatic N) is 3. The molecule has 0 unspecified atom stereocenters. The van der Waals surface area contributed by atoms with Gasteiger partial charge in [-0.1, -0.05) is 24.5 Å². The summed E-state index contributed by atoms with van der Waals surface area (Å²) in [6, 6.07) is 5.70. The monoisotopic (exact) mass is 316 g/mol. The van der Waals surface area contributed by atoms with E-state index in [1.54, 1.807) is 14.2 Å². The van der Waals surface area contributed by atoms with Gasteiger partial charge in [0.15, 0.2) is 0 Å². The van der Waals surface area contributed by atoms with E-state index in [4.69, 9.17) is 15.2 Å². The summed E-state index contributed by atoms with van der Waals surface area (Å²) in [6.07, 6.45) is 6.11. The second-order valence-electron chi connectivity index (χ2n) is 5.91. The van der Waals surface area contributed by atoms with Crippen LogP contribution < -0.4 is 15.2 Å². The molecule has 2 aromatic rings. The summed E-state index contributed by atoms with van der Waals surface area (Å²) >= 11 is 0. The zero-order chi connectivity index (χ0) is 16.2. The Balaban J connectivity index is 2.11. The van der Waals surface area contributed by atoms with Crippen molar-refractivity contribution in [3.63, 3.8) is 0 Å². The molecule has 0 atom stereocenters. The fourth-order valence-corrected chi connectivity index (χ4v) is 3.39. The highest BCUT2D eigenvalue weighted by Crippen LogP contribution is 2.37. The lowest BCUT2D eigenvalue weighted by atomic mass is 9.86. The summed E-state index contributed by atoms with van der Waals surface area (Å²) in [5.74, 6) is 1.96. The second-order valence-corrected chi connectivity index (χ2v) is 5.91. The highest BCUT2D eigenvalue weighted by atomic mass is 16.5. The zero-order valence-electron chi connectivity index (χ0n) is 13.8. The lowest BCUT2D eigenvalue weighted by Gasteiger charge is -2.23. The van der Waals surface area contributed by atoms with Crippen molar-refractivity contribution in [1.82, 2.24) is 15.0 Å². The number of rotatable bonds is 5. The maximum Gasteiger partial charge on any atom is 0.144 e. The van der Waals surface area contributed by atoms with Gasteiger partial charge < -0.3 is 15.2 Å². The van der Waals surface area contributed by atoms with E-state index in [1.165, 1.54) is 19.3 Å². The van der Waals surface area contributed by atoms with Crippen LogP contribution in [0.1, 0.15) is 49.4 Å². The van der Waals surface area contributed by atoms with Crippen LogP contribution in [0.15, 0.2) is 18.2 Å². The Morgan fingerprint density at radius 2 is 1.96 bits per heavy atom. The highest BCUT2D eigenvalue weighted by Gasteiger charge is 2.25. The number of methoxy groups -OCH3 is 2. The Kier molecular flexibility index (Phi) is 4.81. The molecule has 0 radical (unpaired) electrons. The van der Waals surface area contributed by atoms with Crippen molar-refractivity contribution in [3.8, 4) is 17.2 Å². The normalized spacial score (nSPS) is 15.6. The van der Waals surface area contributed by atoms with Crippen LogP contribution in [0.2, 0.25) is 0 Å². The van der Waals surface area contributed by atoms with E-state index in [0.717, 1.165) is 41.4 Å². The lowest BCUT2D eigenvalue weighted by Crippen LogP contribution is -2.14. The van der Waals surface area contributed by atoms with Crippen LogP contribution in [0.3, 0.4) is 0 Å². The Hall–Kier alpha value is -2.08. The molecule has 0 spiro atoms. The minimum absolute atomic E-state index is 0.401. The lowest BCUT2D eigenvalue weighted by molar-refractivity contribution is 0.396. The third-order valence-corrected chi connectivity index (χ3v) is 4.58. The fourth-order valence-electron chi connectivity index (χ4n) is 3.39. The Bertz CT molecular complexity index is 663. The average Bonchev–Trinajstić information content (AvgIpc) is 3.05. The van der Waals surface area contributed by atoms with E-state index < -0.39 is 0 Å². The molecule has 6 nitrogen and oxygen atoms in total. The molecule has 1 aliphatic rings. The van der Waals surface area contributed by atoms with E-state index in [9.17, 15) is 0 Å². The summed E-state index contributed by atoms with van der Waals surface area (Å²) in [7, 11) is 3.31. The molecule has 124 valence electrons. The molecule has 23 heavy (non-hydrogen) atoms. The fraction of sp³-hybridized carbons (Fsp3) is 0.529. The minimum Gasteiger partial charge on any atom is -0.497 e. The van der Waals surface area contributed by atoms with Gasteiger partial charge in [0, 0.05) is 18.5 Å². The van der Waals surface area contributed by atoms with Crippen LogP contribution >= 0.6 is 0 Å². The molecule has 0 amide bonds. The van der Waals surface area contributed by atoms with Gasteiger partial charge in [-0.2, -0.15) is 0 Å². The Labute approximate surface area is 136 Å². The molecule has 0 aliphatic heterocycles. The largest absolute Gasteiger partial charge is 0.497 e. The third-order valence-electron chi connectivity index (χ3n) is 4.58. The number of hydrogen-bond donors (Lipinski definition) is 1. The van der Waals surface area contributed by atoms with E-state index in [0.29, 0.717) is 12.5 Å². The zero-order valence-corrected chi connectivity index (χ0v) is 13.8. The van der Waals surface area contributed by atoms with Crippen LogP contribution in [-0.2, 0) is 6.54 Å². The predicted molar refractivity (Wildman–Crippen MR) is 88.2 cm³/mol. The summed E-state index contributed by atoms with van der Waals surface area (Å²) in [5, 5.41) is 8.68. The van der Waals surface area contributed by atoms with Crippen LogP contribution in [0.5, 0.6) is 11.5 Å². The van der Waals surface area contributed by atoms with Crippen molar-refractivity contribution < 1.29 is 9.47 Å². The standard InChI is InChI=1S/C17H24N4O2/c1-22-13-8-9-16(23-2)15(10-13)21-17(14(11-18)19-20-21)12-6-4-3-5-7-12/h8-10,12H,3-7,11,18H2,1-2H3. The molecular formula is C17H24N4O2. The first kappa shape index (κ1) is 15.8. The molecule has 0 saturated heterocycles. The molecule has 0 bridgehead atoms. The molecule has 6 heteroatoms. The van der Waals surface area contributed by atoms with E-state index in [-0.39, 0.29) is 0 Å². The Morgan fingerprint density at radius 1 is 1.17 bits per heavy atom. The smallest absolute Gasteiger partial charge is 0.144 e. The molecule has 1 heterocycles. The maximum absolute atomic E-state index is 5.90. The number of nitrogens with two attached hydrogens (primary N) is 1. The average molecular weight is 316 g/mol. The molecule has 1 aromatic heterocycles. The predicted octanol–water partition coefficient (Wildman–Crippen LogP) is 2.79. The van der Waals surface area contributed by atoms with Gasteiger partial charge in [0.2, 0.25) is 0 Å².